The van der Waals surface area contributed by atoms with Crippen LogP contribution >= 0.6 is 0 Å². The van der Waals surface area contributed by atoms with E-state index in [1.807, 2.05) is 32.0 Å². The lowest BCUT2D eigenvalue weighted by atomic mass is 9.84. The fourth-order valence-electron chi connectivity index (χ4n) is 2.70. The number of aryl methyl sites for hydroxylation is 2. The second kappa shape index (κ2) is 5.13. The van der Waals surface area contributed by atoms with Gasteiger partial charge in [0.05, 0.1) is 11.6 Å². The van der Waals surface area contributed by atoms with E-state index in [1.165, 1.54) is 6.08 Å². The molecule has 4 heteroatoms. The van der Waals surface area contributed by atoms with Crippen molar-refractivity contribution >= 4 is 23.5 Å². The Labute approximate surface area is 123 Å². The van der Waals surface area contributed by atoms with Crippen molar-refractivity contribution < 1.29 is 9.59 Å². The Morgan fingerprint density at radius 3 is 2.57 bits per heavy atom. The number of fused-ring (bicyclic) bond motifs is 1. The molecule has 0 fully saturated rings. The zero-order chi connectivity index (χ0) is 15.0. The largest absolute Gasteiger partial charge is 0.352 e. The summed E-state index contributed by atoms with van der Waals surface area (Å²) in [6.45, 7) is 3.94. The second-order valence-electron chi connectivity index (χ2n) is 5.37. The third kappa shape index (κ3) is 2.33. The van der Waals surface area contributed by atoms with Crippen molar-refractivity contribution in [1.29, 1.82) is 0 Å². The Balaban J connectivity index is 1.96. The molecule has 4 nitrogen and oxygen atoms in total. The Morgan fingerprint density at radius 2 is 1.86 bits per heavy atom. The maximum atomic E-state index is 12.5. The van der Waals surface area contributed by atoms with Gasteiger partial charge >= 0.3 is 0 Å². The highest BCUT2D eigenvalue weighted by Crippen LogP contribution is 2.27. The molecule has 0 bridgehead atoms. The molecule has 2 atom stereocenters. The molecule has 0 aromatic heterocycles. The maximum Gasteiger partial charge on any atom is 0.204 e. The molecule has 1 aliphatic heterocycles. The number of Topliss-reactive ketones (excluding diaryl/α,β-unsaturated/α-hetero) is 1. The Morgan fingerprint density at radius 1 is 1.14 bits per heavy atom. The molecule has 0 amide bonds. The van der Waals surface area contributed by atoms with Crippen LogP contribution in [0.1, 0.15) is 11.1 Å². The molecule has 0 radical (unpaired) electrons. The third-order valence-corrected chi connectivity index (χ3v) is 3.88. The van der Waals surface area contributed by atoms with Crippen LogP contribution in [0.15, 0.2) is 47.1 Å². The highest BCUT2D eigenvalue weighted by Gasteiger charge is 2.38. The van der Waals surface area contributed by atoms with Crippen LogP contribution in [0.2, 0.25) is 0 Å². The van der Waals surface area contributed by atoms with E-state index in [0.29, 0.717) is 5.70 Å². The van der Waals surface area contributed by atoms with Gasteiger partial charge < -0.3 is 5.32 Å². The van der Waals surface area contributed by atoms with E-state index >= 15 is 0 Å². The smallest absolute Gasteiger partial charge is 0.204 e. The highest BCUT2D eigenvalue weighted by molar-refractivity contribution is 6.15. The van der Waals surface area contributed by atoms with Crippen molar-refractivity contribution in [2.24, 2.45) is 10.9 Å². The van der Waals surface area contributed by atoms with Crippen molar-refractivity contribution in [2.45, 2.75) is 19.9 Å². The molecule has 1 N–H and O–H groups in total. The van der Waals surface area contributed by atoms with Crippen molar-refractivity contribution in [1.82, 2.24) is 0 Å². The lowest BCUT2D eigenvalue weighted by Gasteiger charge is -2.26. The summed E-state index contributed by atoms with van der Waals surface area (Å²) < 4.78 is 0. The molecule has 0 spiro atoms. The quantitative estimate of drug-likeness (QED) is 0.904. The number of hydrogen-bond donors (Lipinski definition) is 1. The number of carbonyl (C=O) groups excluding carboxylic acids is 2. The molecular formula is C17H16N2O2. The predicted octanol–water partition coefficient (Wildman–Crippen LogP) is 2.38. The van der Waals surface area contributed by atoms with E-state index in [9.17, 15) is 9.59 Å². The maximum absolute atomic E-state index is 12.5. The molecule has 21 heavy (non-hydrogen) atoms. The van der Waals surface area contributed by atoms with E-state index in [2.05, 4.69) is 10.3 Å². The molecule has 1 aliphatic carbocycles. The first-order chi connectivity index (χ1) is 10.1. The molecule has 1 aromatic rings. The van der Waals surface area contributed by atoms with Gasteiger partial charge in [0.1, 0.15) is 6.04 Å². The van der Waals surface area contributed by atoms with Crippen molar-refractivity contribution in [3.8, 4) is 0 Å². The zero-order valence-corrected chi connectivity index (χ0v) is 12.0. The van der Waals surface area contributed by atoms with Crippen molar-refractivity contribution in [2.75, 3.05) is 5.32 Å². The number of rotatable bonds is 2. The summed E-state index contributed by atoms with van der Waals surface area (Å²) in [6, 6.07) is 5.27. The number of ketones is 2. The standard InChI is InChI=1S/C17H16N2O2/c1-10-5-3-6-11(2)15(10)19-13-9-14(20)12-7-4-8-18-16(12)17(13)21/h3-9,12,16,19H,1-2H3. The Kier molecular flexibility index (Phi) is 3.29. The SMILES string of the molecule is Cc1cccc(C)c1NC1=CC(=O)C2C=CC=NC2C1=O. The van der Waals surface area contributed by atoms with Crippen molar-refractivity contribution in [3.63, 3.8) is 0 Å². The number of para-hydroxylation sites is 1. The number of benzene rings is 1. The summed E-state index contributed by atoms with van der Waals surface area (Å²) in [6.07, 6.45) is 6.43. The molecule has 1 aromatic carbocycles. The van der Waals surface area contributed by atoms with Gasteiger partial charge in [-0.15, -0.1) is 0 Å². The summed E-state index contributed by atoms with van der Waals surface area (Å²) in [7, 11) is 0. The lowest BCUT2D eigenvalue weighted by molar-refractivity contribution is -0.125. The molecule has 0 saturated carbocycles. The lowest BCUT2D eigenvalue weighted by Crippen LogP contribution is -2.40. The minimum absolute atomic E-state index is 0.0820. The van der Waals surface area contributed by atoms with Crippen LogP contribution in [-0.2, 0) is 9.59 Å². The van der Waals surface area contributed by atoms with Crippen LogP contribution in [0.3, 0.4) is 0 Å². The summed E-state index contributed by atoms with van der Waals surface area (Å²) >= 11 is 0. The predicted molar refractivity (Wildman–Crippen MR) is 82.5 cm³/mol. The number of carbonyl (C=O) groups is 2. The Bertz CT molecular complexity index is 693. The topological polar surface area (TPSA) is 58.5 Å². The molecule has 2 aliphatic rings. The highest BCUT2D eigenvalue weighted by atomic mass is 16.1. The van der Waals surface area contributed by atoms with Gasteiger partial charge in [-0.3, -0.25) is 14.6 Å². The summed E-state index contributed by atoms with van der Waals surface area (Å²) in [5.41, 5.74) is 3.26. The van der Waals surface area contributed by atoms with E-state index in [1.54, 1.807) is 18.4 Å². The van der Waals surface area contributed by atoms with Gasteiger partial charge in [-0.25, -0.2) is 0 Å². The van der Waals surface area contributed by atoms with E-state index in [4.69, 9.17) is 0 Å². The van der Waals surface area contributed by atoms with E-state index in [-0.39, 0.29) is 11.6 Å². The van der Waals surface area contributed by atoms with Gasteiger partial charge in [0.25, 0.3) is 0 Å². The summed E-state index contributed by atoms with van der Waals surface area (Å²) in [5, 5.41) is 3.12. The normalized spacial score (nSPS) is 23.8. The van der Waals surface area contributed by atoms with Crippen LogP contribution in [0, 0.1) is 19.8 Å². The van der Waals surface area contributed by atoms with Gasteiger partial charge in [0.2, 0.25) is 5.78 Å². The van der Waals surface area contributed by atoms with E-state index < -0.39 is 12.0 Å². The number of allylic oxidation sites excluding steroid dienone is 2. The second-order valence-corrected chi connectivity index (χ2v) is 5.37. The van der Waals surface area contributed by atoms with E-state index in [0.717, 1.165) is 16.8 Å². The number of aliphatic imine (C=N–C) groups is 1. The first kappa shape index (κ1) is 13.5. The Hall–Kier alpha value is -2.49. The molecular weight excluding hydrogens is 264 g/mol. The zero-order valence-electron chi connectivity index (χ0n) is 12.0. The summed E-state index contributed by atoms with van der Waals surface area (Å²) in [4.78, 5) is 28.8. The number of nitrogens with zero attached hydrogens (tertiary/aromatic N) is 1. The van der Waals surface area contributed by atoms with Gasteiger partial charge in [-0.1, -0.05) is 24.3 Å². The van der Waals surface area contributed by atoms with Crippen molar-refractivity contribution in [3.05, 3.63) is 53.3 Å². The minimum atomic E-state index is -0.626. The fraction of sp³-hybridized carbons (Fsp3) is 0.235. The fourth-order valence-corrected chi connectivity index (χ4v) is 2.70. The van der Waals surface area contributed by atoms with Crippen LogP contribution in [0.5, 0.6) is 0 Å². The molecule has 1 heterocycles. The molecule has 0 saturated heterocycles. The van der Waals surface area contributed by atoms with Gasteiger partial charge in [-0.2, -0.15) is 0 Å². The molecule has 3 rings (SSSR count). The van der Waals surface area contributed by atoms with Gasteiger partial charge in [-0.05, 0) is 31.1 Å². The summed E-state index contributed by atoms with van der Waals surface area (Å²) in [5.74, 6) is -0.671. The minimum Gasteiger partial charge on any atom is -0.352 e. The van der Waals surface area contributed by atoms with Crippen LogP contribution < -0.4 is 5.32 Å². The first-order valence-electron chi connectivity index (χ1n) is 6.91. The third-order valence-electron chi connectivity index (χ3n) is 3.88. The number of hydrogen-bond acceptors (Lipinski definition) is 4. The van der Waals surface area contributed by atoms with Crippen LogP contribution in [-0.4, -0.2) is 23.8 Å². The first-order valence-corrected chi connectivity index (χ1v) is 6.91. The van der Waals surface area contributed by atoms with Gasteiger partial charge in [0.15, 0.2) is 5.78 Å². The number of nitrogens with one attached hydrogen (secondary N) is 1. The molecule has 106 valence electrons. The molecule has 2 unspecified atom stereocenters. The monoisotopic (exact) mass is 280 g/mol. The average molecular weight is 280 g/mol. The number of anilines is 1. The van der Waals surface area contributed by atoms with Crippen LogP contribution in [0.4, 0.5) is 5.69 Å². The van der Waals surface area contributed by atoms with Crippen LogP contribution in [0.25, 0.3) is 0 Å². The average Bonchev–Trinajstić information content (AvgIpc) is 2.48. The van der Waals surface area contributed by atoms with Gasteiger partial charge in [0, 0.05) is 18.0 Å². The number of dihydropyridines is 1.